The van der Waals surface area contributed by atoms with Gasteiger partial charge in [-0.2, -0.15) is 4.57 Å². The number of ketones is 3. The van der Waals surface area contributed by atoms with Crippen molar-refractivity contribution in [1.82, 2.24) is 19.9 Å². The molecule has 3 N–H and O–H groups in total. The molecule has 0 spiro atoms. The molecule has 11 nitrogen and oxygen atoms in total. The fourth-order valence-electron chi connectivity index (χ4n) is 12.6. The summed E-state index contributed by atoms with van der Waals surface area (Å²) >= 11 is 0. The van der Waals surface area contributed by atoms with Gasteiger partial charge in [0.15, 0.2) is 23.9 Å². The molecule has 15 aromatic rings. The Kier molecular flexibility index (Phi) is 39.5. The van der Waals surface area contributed by atoms with Crippen LogP contribution < -0.4 is 4.57 Å². The molecule has 10 aromatic carbocycles. The molecule has 5 aromatic heterocycles. The van der Waals surface area contributed by atoms with E-state index >= 15 is 0 Å². The minimum atomic E-state index is -0.125. The molecule has 16 rings (SSSR count). The Morgan fingerprint density at radius 3 is 1.34 bits per heavy atom. The number of para-hydroxylation sites is 2. The average Bonchev–Trinajstić information content (AvgIpc) is 1.60. The van der Waals surface area contributed by atoms with Crippen LogP contribution in [-0.2, 0) is 101 Å². The maximum atomic E-state index is 11.0. The number of hydrogen-bond donors (Lipinski definition) is 3. The Balaban J connectivity index is 0.000000242. The second-order valence-electron chi connectivity index (χ2n) is 28.7. The van der Waals surface area contributed by atoms with Crippen LogP contribution in [-0.4, -0.2) is 52.6 Å². The van der Waals surface area contributed by atoms with Crippen molar-refractivity contribution < 1.29 is 115 Å². The third-order valence-electron chi connectivity index (χ3n) is 17.9. The number of carbonyl (C=O) groups excluding carboxylic acids is 3. The molecule has 0 atom stereocenters. The standard InChI is InChI=1S/C18H16N.2C17H14N.C16H12N.C15H10N.C9H16O2.2C5H8O2.4Ir/c1-12-4-5-15-6-7-17(19-18(15)11-12)16-9-13(2)8-14(3)10-16;1-12-10-13-6-3-5-9-16(13)18-11-14-7-2-4-8-15(14)17(12)18;1-12-9-13(2)11-15(10-12)17-8-7-14-5-3-4-6-16(14)18-17;1-12-7-8-14-9-10-15(17-16(14)11-12)13-5-3-2-4-6-13;1-2-7-13(8-3-1)15-14-9-5-4-6-12(14)10-11-16-15;1-6(2)8(10)5-9(11)7(3)4;2*1-4(6)3-5(2)7;;;;/h4-9,11H,1-3H3;2-10H,11H2,1H3;3-10H,1-2H3;2-5,7-11H,1H3;1-7,9-11H;5-7,10H,1-4H3;2*3,6H,1-2H3;;;;/q-1;+1;3*-1;;;;;;;. The van der Waals surface area contributed by atoms with Crippen LogP contribution in [0.4, 0.5) is 0 Å². The summed E-state index contributed by atoms with van der Waals surface area (Å²) in [6, 6.07) is 101. The van der Waals surface area contributed by atoms with E-state index in [2.05, 4.69) is 251 Å². The monoisotopic (exact) mass is 2260 g/mol. The van der Waals surface area contributed by atoms with Crippen LogP contribution >= 0.6 is 0 Å². The number of aliphatic hydroxyl groups is 3. The van der Waals surface area contributed by atoms with Gasteiger partial charge in [-0.3, -0.25) is 29.3 Å². The van der Waals surface area contributed by atoms with Crippen molar-refractivity contribution in [1.29, 1.82) is 0 Å². The topological polar surface area (TPSA) is 167 Å². The maximum absolute atomic E-state index is 11.0. The van der Waals surface area contributed by atoms with Crippen LogP contribution in [0.3, 0.4) is 0 Å². The van der Waals surface area contributed by atoms with Gasteiger partial charge in [0.1, 0.15) is 0 Å². The van der Waals surface area contributed by atoms with E-state index in [1.54, 1.807) is 0 Å². The van der Waals surface area contributed by atoms with Crippen molar-refractivity contribution >= 4 is 71.7 Å². The van der Waals surface area contributed by atoms with E-state index in [9.17, 15) is 19.5 Å². The van der Waals surface area contributed by atoms with Gasteiger partial charge in [0.25, 0.3) is 0 Å². The summed E-state index contributed by atoms with van der Waals surface area (Å²) in [7, 11) is 0. The molecule has 0 aliphatic carbocycles. The van der Waals surface area contributed by atoms with E-state index in [1.165, 1.54) is 128 Å². The predicted octanol–water partition coefficient (Wildman–Crippen LogP) is 24.5. The van der Waals surface area contributed by atoms with Gasteiger partial charge < -0.3 is 20.3 Å². The van der Waals surface area contributed by atoms with Gasteiger partial charge in [-0.05, 0) is 152 Å². The van der Waals surface area contributed by atoms with Gasteiger partial charge in [-0.25, -0.2) is 0 Å². The van der Waals surface area contributed by atoms with Crippen molar-refractivity contribution in [3.05, 3.63) is 365 Å². The molecule has 117 heavy (non-hydrogen) atoms. The smallest absolute Gasteiger partial charge is 0.216 e. The first-order valence-corrected chi connectivity index (χ1v) is 37.8. The van der Waals surface area contributed by atoms with Gasteiger partial charge in [-0.1, -0.05) is 189 Å². The third kappa shape index (κ3) is 29.3. The number of allylic oxidation sites excluding steroid dienone is 6. The van der Waals surface area contributed by atoms with Crippen molar-refractivity contribution in [2.24, 2.45) is 11.8 Å². The fourth-order valence-corrected chi connectivity index (χ4v) is 12.6. The summed E-state index contributed by atoms with van der Waals surface area (Å²) in [5.74, 6) is 0.0356. The maximum Gasteiger partial charge on any atom is 0.216 e. The quantitative estimate of drug-likeness (QED) is 0.0548. The Bertz CT molecular complexity index is 5860. The summed E-state index contributed by atoms with van der Waals surface area (Å²) in [5.41, 5.74) is 25.4. The van der Waals surface area contributed by atoms with Crippen molar-refractivity contribution in [3.63, 3.8) is 0 Å². The van der Waals surface area contributed by atoms with Crippen LogP contribution in [0.15, 0.2) is 296 Å². The van der Waals surface area contributed by atoms with Gasteiger partial charge in [-0.15, -0.1) is 142 Å². The third-order valence-corrected chi connectivity index (χ3v) is 17.9. The van der Waals surface area contributed by atoms with Crippen molar-refractivity contribution in [2.45, 2.75) is 110 Å². The first-order chi connectivity index (χ1) is 54.2. The Morgan fingerprint density at radius 2 is 0.855 bits per heavy atom. The number of hydrogen-bond acceptors (Lipinski definition) is 10. The second-order valence-corrected chi connectivity index (χ2v) is 28.7. The molecule has 15 heteroatoms. The molecule has 606 valence electrons. The zero-order valence-corrected chi connectivity index (χ0v) is 78.1. The molecule has 1 aliphatic heterocycles. The number of aryl methyl sites for hydroxylation is 7. The number of fused-ring (bicyclic) bond motifs is 9. The number of benzene rings is 10. The van der Waals surface area contributed by atoms with E-state index < -0.39 is 0 Å². The molecule has 0 fully saturated rings. The van der Waals surface area contributed by atoms with Crippen molar-refractivity contribution in [2.75, 3.05) is 0 Å². The zero-order valence-electron chi connectivity index (χ0n) is 68.6. The number of aliphatic hydroxyl groups excluding tert-OH is 3. The predicted molar refractivity (Wildman–Crippen MR) is 465 cm³/mol. The minimum Gasteiger partial charge on any atom is -0.512 e. The minimum absolute atomic E-state index is 0. The molecule has 0 unspecified atom stereocenters. The van der Waals surface area contributed by atoms with Gasteiger partial charge in [0.2, 0.25) is 11.2 Å². The normalized spacial score (nSPS) is 10.9. The first kappa shape index (κ1) is 97.1. The summed E-state index contributed by atoms with van der Waals surface area (Å²) in [4.78, 5) is 49.6. The number of rotatable bonds is 9. The molecule has 6 heterocycles. The van der Waals surface area contributed by atoms with Crippen LogP contribution in [0.1, 0.15) is 99.9 Å². The zero-order chi connectivity index (χ0) is 81.3. The largest absolute Gasteiger partial charge is 0.512 e. The molecule has 0 bridgehead atoms. The summed E-state index contributed by atoms with van der Waals surface area (Å²) in [5, 5.41) is 33.2. The van der Waals surface area contributed by atoms with Crippen LogP contribution in [0.2, 0.25) is 0 Å². The number of pyridine rings is 5. The Morgan fingerprint density at radius 1 is 0.410 bits per heavy atom. The van der Waals surface area contributed by atoms with Gasteiger partial charge in [0.05, 0.1) is 39.4 Å². The number of nitrogens with zero attached hydrogens (tertiary/aromatic N) is 5. The molecule has 0 saturated heterocycles. The van der Waals surface area contributed by atoms with E-state index in [1.807, 2.05) is 125 Å². The molecule has 4 radical (unpaired) electrons. The summed E-state index contributed by atoms with van der Waals surface area (Å²) in [6.07, 6.45) is 5.49. The van der Waals surface area contributed by atoms with E-state index in [-0.39, 0.29) is 127 Å². The Labute approximate surface area is 743 Å². The molecular weight excluding hydrogens is 2160 g/mol. The van der Waals surface area contributed by atoms with Gasteiger partial charge >= 0.3 is 0 Å². The van der Waals surface area contributed by atoms with Crippen LogP contribution in [0.25, 0.3) is 111 Å². The van der Waals surface area contributed by atoms with E-state index in [0.717, 1.165) is 79.3 Å². The number of aromatic nitrogens is 5. The Hall–Kier alpha value is -10.5. The summed E-state index contributed by atoms with van der Waals surface area (Å²) in [6.45, 7) is 28.7. The fraction of sp³-hybridized carbons (Fsp3) is 0.176. The molecular formula is C102H98Ir4N5O6-3. The average molecular weight is 2260 g/mol. The SMILES string of the molecule is CC(=O)C=C(C)O.CC(=O)C=C(C)O.CC(C)C(=O)C=C(O)C(C)C.Cc1[c-]c(-c2ccc3ccc(C)cc3n2)cc(C)c1.Cc1[c-]c(-c2ccc3ccccc3n2)cc(C)c1.Cc1cc2ccccc2[n+]2c1-c1ccccc1C2.Cc1ccc2ccc(-c3[c-]cccc3)nc2c1.[Ir].[Ir].[Ir].[Ir].[c-]1ccccc1-c1nccc2ccccc12. The van der Waals surface area contributed by atoms with E-state index in [0.29, 0.717) is 0 Å². The van der Waals surface area contributed by atoms with Crippen molar-refractivity contribution in [3.8, 4) is 56.3 Å². The van der Waals surface area contributed by atoms with Crippen LogP contribution in [0, 0.1) is 84.6 Å². The summed E-state index contributed by atoms with van der Waals surface area (Å²) < 4.78 is 2.44. The van der Waals surface area contributed by atoms with Gasteiger partial charge in [0, 0.05) is 139 Å². The molecule has 0 saturated carbocycles. The molecule has 0 amide bonds. The first-order valence-electron chi connectivity index (χ1n) is 37.8. The second kappa shape index (κ2) is 47.6. The molecule has 1 aliphatic rings. The van der Waals surface area contributed by atoms with Crippen LogP contribution in [0.5, 0.6) is 0 Å². The van der Waals surface area contributed by atoms with E-state index in [4.69, 9.17) is 20.2 Å². The number of carbonyl (C=O) groups is 3.